The summed E-state index contributed by atoms with van der Waals surface area (Å²) in [5, 5.41) is 0. The molecule has 6 heteroatoms. The summed E-state index contributed by atoms with van der Waals surface area (Å²) in [6.07, 6.45) is 0. The van der Waals surface area contributed by atoms with E-state index >= 15 is 0 Å². The van der Waals surface area contributed by atoms with E-state index in [9.17, 15) is 0 Å². The van der Waals surface area contributed by atoms with Crippen LogP contribution in [-0.2, 0) is 0 Å². The summed E-state index contributed by atoms with van der Waals surface area (Å²) in [4.78, 5) is 0. The molecule has 2 nitrogen and oxygen atoms in total. The molecule has 4 aromatic carbocycles. The maximum Gasteiger partial charge on any atom is 0 e. The van der Waals surface area contributed by atoms with Gasteiger partial charge in [0.05, 0.1) is 0 Å². The van der Waals surface area contributed by atoms with E-state index in [1.54, 1.807) is 0 Å². The molecule has 0 atom stereocenters. The van der Waals surface area contributed by atoms with Crippen molar-refractivity contribution in [1.82, 2.24) is 0 Å². The minimum Gasteiger partial charge on any atom is -1.00 e. The third-order valence-corrected chi connectivity index (χ3v) is 2.43. The molecule has 4 rings (SSSR count). The first-order chi connectivity index (χ1) is 12.0. The Kier molecular flexibility index (Phi) is 55.3. The second-order valence-corrected chi connectivity index (χ2v) is 4.31. The summed E-state index contributed by atoms with van der Waals surface area (Å²) in [5.41, 5.74) is 0. The first-order valence-electron chi connectivity index (χ1n) is 7.64. The maximum atomic E-state index is 2.89. The fourth-order valence-corrected chi connectivity index (χ4v) is 1.37. The Hall–Kier alpha value is -0.984. The predicted molar refractivity (Wildman–Crippen MR) is 120 cm³/mol. The van der Waals surface area contributed by atoms with Gasteiger partial charge in [0, 0.05) is 48.9 Å². The minimum atomic E-state index is 0. The summed E-state index contributed by atoms with van der Waals surface area (Å²) in [6.45, 7) is 0. The SMILES string of the molecule is O.O.[Cl-].[Cl-].[Sb].[Sb].[c]1ccccc1.[c]1ccccc1.[c]1ccccc1.[c]1ccccc1. The molecule has 0 heterocycles. The first kappa shape index (κ1) is 43.0. The molecular formula is C24H24Cl2O2Sb2-2. The molecule has 0 aromatic heterocycles. The van der Waals surface area contributed by atoms with Crippen LogP contribution < -0.4 is 24.8 Å². The average Bonchev–Trinajstić information content (AvgIpc) is 2.75. The summed E-state index contributed by atoms with van der Waals surface area (Å²) >= 11 is 0. The van der Waals surface area contributed by atoms with Gasteiger partial charge in [-0.3, -0.25) is 0 Å². The van der Waals surface area contributed by atoms with E-state index in [0.717, 1.165) is 0 Å². The van der Waals surface area contributed by atoms with Gasteiger partial charge in [0.15, 0.2) is 0 Å². The molecule has 0 unspecified atom stereocenters. The van der Waals surface area contributed by atoms with E-state index in [2.05, 4.69) is 24.3 Å². The number of halogens is 2. The fourth-order valence-electron chi connectivity index (χ4n) is 1.37. The number of hydrogen-bond donors (Lipinski definition) is 0. The third kappa shape index (κ3) is 34.5. The average molecular weight is 659 g/mol. The van der Waals surface area contributed by atoms with Crippen LogP contribution in [0.15, 0.2) is 121 Å². The van der Waals surface area contributed by atoms with Crippen molar-refractivity contribution < 1.29 is 35.8 Å². The molecule has 0 saturated carbocycles. The molecule has 0 aliphatic rings. The predicted octanol–water partition coefficient (Wildman–Crippen LogP) is -2.46. The monoisotopic (exact) mass is 656 g/mol. The van der Waals surface area contributed by atoms with E-state index in [0.29, 0.717) is 0 Å². The van der Waals surface area contributed by atoms with Gasteiger partial charge in [0.1, 0.15) is 0 Å². The fraction of sp³-hybridized carbons (Fsp3) is 0. The zero-order valence-corrected chi connectivity index (χ0v) is 22.8. The molecule has 4 aromatic rings. The zero-order valence-electron chi connectivity index (χ0n) is 16.2. The second-order valence-electron chi connectivity index (χ2n) is 4.31. The van der Waals surface area contributed by atoms with Gasteiger partial charge in [-0.05, 0) is 24.3 Å². The number of hydrogen-bond acceptors (Lipinski definition) is 0. The Bertz CT molecular complexity index is 445. The maximum absolute atomic E-state index is 2.89. The van der Waals surface area contributed by atoms with Crippen molar-refractivity contribution in [2.45, 2.75) is 0 Å². The quantitative estimate of drug-likeness (QED) is 0.189. The minimum absolute atomic E-state index is 0. The summed E-state index contributed by atoms with van der Waals surface area (Å²) in [7, 11) is 0. The standard InChI is InChI=1S/4C6H5.2ClH.2H2O.2Sb/c4*1-2-4-6-5-3-1;;;;;;/h4*1-5H;2*1H;2*1H2;;/p-2. The largest absolute Gasteiger partial charge is 1.00 e. The van der Waals surface area contributed by atoms with Gasteiger partial charge in [-0.15, -0.1) is 0 Å². The molecular weight excluding hydrogens is 635 g/mol. The van der Waals surface area contributed by atoms with Crippen molar-refractivity contribution in [3.8, 4) is 0 Å². The van der Waals surface area contributed by atoms with Crippen LogP contribution in [0.5, 0.6) is 0 Å². The van der Waals surface area contributed by atoms with Crippen molar-refractivity contribution in [1.29, 1.82) is 0 Å². The Morgan fingerprint density at radius 2 is 0.400 bits per heavy atom. The van der Waals surface area contributed by atoms with Crippen LogP contribution in [0, 0.1) is 24.3 Å². The van der Waals surface area contributed by atoms with Gasteiger partial charge in [-0.1, -0.05) is 121 Å². The van der Waals surface area contributed by atoms with Gasteiger partial charge >= 0.3 is 0 Å². The molecule has 4 N–H and O–H groups in total. The Morgan fingerprint density at radius 1 is 0.267 bits per heavy atom. The Labute approximate surface area is 228 Å². The molecule has 0 amide bonds. The normalized spacial score (nSPS) is 6.40. The summed E-state index contributed by atoms with van der Waals surface area (Å²) < 4.78 is 0. The molecule has 0 aliphatic heterocycles. The molecule has 0 fully saturated rings. The molecule has 158 valence electrons. The molecule has 30 heavy (non-hydrogen) atoms. The topological polar surface area (TPSA) is 63.0 Å². The van der Waals surface area contributed by atoms with Gasteiger partial charge in [-0.2, -0.15) is 0 Å². The van der Waals surface area contributed by atoms with Crippen LogP contribution in [0.25, 0.3) is 0 Å². The van der Waals surface area contributed by atoms with Gasteiger partial charge < -0.3 is 35.8 Å². The van der Waals surface area contributed by atoms with Crippen molar-refractivity contribution in [3.63, 3.8) is 0 Å². The molecule has 0 aliphatic carbocycles. The smallest absolute Gasteiger partial charge is 0 e. The van der Waals surface area contributed by atoms with Crippen LogP contribution in [0.3, 0.4) is 0 Å². The van der Waals surface area contributed by atoms with Gasteiger partial charge in [0.2, 0.25) is 0 Å². The van der Waals surface area contributed by atoms with E-state index in [4.69, 9.17) is 0 Å². The molecule has 0 spiro atoms. The second kappa shape index (κ2) is 38.6. The summed E-state index contributed by atoms with van der Waals surface area (Å²) in [6, 6.07) is 50.0. The zero-order chi connectivity index (χ0) is 17.0. The van der Waals surface area contributed by atoms with Crippen LogP contribution in [0.1, 0.15) is 0 Å². The number of rotatable bonds is 0. The molecule has 0 bridgehead atoms. The van der Waals surface area contributed by atoms with Crippen molar-refractivity contribution in [3.05, 3.63) is 146 Å². The van der Waals surface area contributed by atoms with Crippen molar-refractivity contribution in [2.75, 3.05) is 0 Å². The van der Waals surface area contributed by atoms with Crippen molar-refractivity contribution >= 4 is 48.9 Å². The van der Waals surface area contributed by atoms with Crippen LogP contribution in [0.2, 0.25) is 0 Å². The Morgan fingerprint density at radius 3 is 0.433 bits per heavy atom. The van der Waals surface area contributed by atoms with Crippen LogP contribution >= 0.6 is 0 Å². The van der Waals surface area contributed by atoms with Crippen LogP contribution in [0.4, 0.5) is 0 Å². The third-order valence-electron chi connectivity index (χ3n) is 2.43. The number of benzene rings is 4. The van der Waals surface area contributed by atoms with E-state index in [1.165, 1.54) is 0 Å². The van der Waals surface area contributed by atoms with E-state index in [1.807, 2.05) is 121 Å². The molecule has 10 radical (unpaired) electrons. The van der Waals surface area contributed by atoms with E-state index < -0.39 is 0 Å². The first-order valence-corrected chi connectivity index (χ1v) is 7.64. The van der Waals surface area contributed by atoms with Gasteiger partial charge in [-0.25, -0.2) is 0 Å². The summed E-state index contributed by atoms with van der Waals surface area (Å²) in [5.74, 6) is 0. The van der Waals surface area contributed by atoms with Crippen molar-refractivity contribution in [2.24, 2.45) is 0 Å². The Balaban J connectivity index is -0.0000000600. The van der Waals surface area contributed by atoms with E-state index in [-0.39, 0.29) is 84.6 Å². The van der Waals surface area contributed by atoms with Crippen LogP contribution in [-0.4, -0.2) is 59.8 Å². The molecule has 0 saturated heterocycles. The van der Waals surface area contributed by atoms with Gasteiger partial charge in [0.25, 0.3) is 0 Å².